The van der Waals surface area contributed by atoms with Gasteiger partial charge < -0.3 is 10.2 Å². The Morgan fingerprint density at radius 1 is 1.17 bits per heavy atom. The van der Waals surface area contributed by atoms with E-state index in [9.17, 15) is 13.6 Å². The largest absolute Gasteiger partial charge is 0.355 e. The van der Waals surface area contributed by atoms with Gasteiger partial charge in [-0.25, -0.2) is 8.78 Å². The second kappa shape index (κ2) is 9.76. The van der Waals surface area contributed by atoms with Crippen molar-refractivity contribution in [2.75, 3.05) is 26.2 Å². The van der Waals surface area contributed by atoms with E-state index in [2.05, 4.69) is 31.0 Å². The third-order valence-electron chi connectivity index (χ3n) is 7.00. The van der Waals surface area contributed by atoms with Gasteiger partial charge in [-0.2, -0.15) is 0 Å². The lowest BCUT2D eigenvalue weighted by molar-refractivity contribution is -0.128. The van der Waals surface area contributed by atoms with Gasteiger partial charge in [0.25, 0.3) is 0 Å². The van der Waals surface area contributed by atoms with Crippen LogP contribution in [-0.4, -0.2) is 43.2 Å². The van der Waals surface area contributed by atoms with Crippen LogP contribution in [-0.2, 0) is 10.2 Å². The molecule has 3 rings (SSSR count). The standard InChI is InChI=1S/C25H38F2N2O/c1-24(2,3)14-16-29-15-11-19(22(27)18-29)17-28-23(30)25(12-5-4-6-13-25)20-7-9-21(26)10-8-20/h7-10,19,22H,4-6,11-18H2,1-3H3,(H,28,30). The Balaban J connectivity index is 1.57. The molecule has 0 spiro atoms. The Kier molecular flexibility index (Phi) is 7.54. The maximum absolute atomic E-state index is 14.8. The number of likely N-dealkylation sites (tertiary alicyclic amines) is 1. The highest BCUT2D eigenvalue weighted by atomic mass is 19.1. The molecule has 2 aliphatic rings. The highest BCUT2D eigenvalue weighted by Gasteiger charge is 2.41. The molecule has 2 unspecified atom stereocenters. The molecule has 0 aromatic heterocycles. The molecule has 1 heterocycles. The van der Waals surface area contributed by atoms with Gasteiger partial charge in [-0.3, -0.25) is 4.79 Å². The lowest BCUT2D eigenvalue weighted by atomic mass is 9.68. The minimum absolute atomic E-state index is 0.0174. The van der Waals surface area contributed by atoms with Crippen LogP contribution in [0.25, 0.3) is 0 Å². The van der Waals surface area contributed by atoms with Gasteiger partial charge in [-0.05, 0) is 61.9 Å². The third-order valence-corrected chi connectivity index (χ3v) is 7.00. The number of hydrogen-bond acceptors (Lipinski definition) is 2. The smallest absolute Gasteiger partial charge is 0.230 e. The summed E-state index contributed by atoms with van der Waals surface area (Å²) in [7, 11) is 0. The number of carbonyl (C=O) groups is 1. The van der Waals surface area contributed by atoms with Crippen molar-refractivity contribution in [2.45, 2.75) is 77.3 Å². The van der Waals surface area contributed by atoms with Crippen LogP contribution in [0.3, 0.4) is 0 Å². The van der Waals surface area contributed by atoms with Crippen molar-refractivity contribution >= 4 is 5.91 Å². The van der Waals surface area contributed by atoms with Crippen molar-refractivity contribution in [3.05, 3.63) is 35.6 Å². The summed E-state index contributed by atoms with van der Waals surface area (Å²) in [5.41, 5.74) is 0.533. The second-order valence-corrected chi connectivity index (χ2v) is 10.5. The predicted octanol–water partition coefficient (Wildman–Crippen LogP) is 5.24. The molecule has 2 fully saturated rings. The van der Waals surface area contributed by atoms with Crippen LogP contribution in [0.15, 0.2) is 24.3 Å². The van der Waals surface area contributed by atoms with E-state index in [1.54, 1.807) is 12.1 Å². The van der Waals surface area contributed by atoms with E-state index < -0.39 is 11.6 Å². The lowest BCUT2D eigenvalue weighted by Gasteiger charge is -2.38. The zero-order chi connectivity index (χ0) is 21.8. The Hall–Kier alpha value is -1.49. The van der Waals surface area contributed by atoms with Crippen molar-refractivity contribution in [1.82, 2.24) is 10.2 Å². The fourth-order valence-corrected chi connectivity index (χ4v) is 4.91. The quantitative estimate of drug-likeness (QED) is 0.683. The fraction of sp³-hybridized carbons (Fsp3) is 0.720. The summed E-state index contributed by atoms with van der Waals surface area (Å²) in [6, 6.07) is 6.35. The first-order valence-corrected chi connectivity index (χ1v) is 11.6. The number of hydrogen-bond donors (Lipinski definition) is 1. The van der Waals surface area contributed by atoms with Crippen molar-refractivity contribution in [3.63, 3.8) is 0 Å². The minimum Gasteiger partial charge on any atom is -0.355 e. The van der Waals surface area contributed by atoms with Gasteiger partial charge in [-0.1, -0.05) is 52.2 Å². The SMILES string of the molecule is CC(C)(C)CCN1CCC(CNC(=O)C2(c3ccc(F)cc3)CCCCC2)C(F)C1. The summed E-state index contributed by atoms with van der Waals surface area (Å²) in [6.45, 7) is 9.30. The average molecular weight is 421 g/mol. The molecule has 2 atom stereocenters. The summed E-state index contributed by atoms with van der Waals surface area (Å²) < 4.78 is 28.3. The van der Waals surface area contributed by atoms with Crippen molar-refractivity contribution in [3.8, 4) is 0 Å². The number of alkyl halides is 1. The van der Waals surface area contributed by atoms with Crippen molar-refractivity contribution in [2.24, 2.45) is 11.3 Å². The zero-order valence-electron chi connectivity index (χ0n) is 18.9. The minimum atomic E-state index is -0.910. The molecule has 1 aliphatic carbocycles. The molecule has 3 nitrogen and oxygen atoms in total. The predicted molar refractivity (Wildman–Crippen MR) is 118 cm³/mol. The Morgan fingerprint density at radius 3 is 2.43 bits per heavy atom. The van der Waals surface area contributed by atoms with E-state index >= 15 is 0 Å². The first kappa shape index (κ1) is 23.2. The van der Waals surface area contributed by atoms with E-state index in [0.29, 0.717) is 13.1 Å². The van der Waals surface area contributed by atoms with E-state index in [1.807, 2.05) is 0 Å². The molecule has 1 aromatic rings. The third kappa shape index (κ3) is 5.81. The van der Waals surface area contributed by atoms with Crippen LogP contribution in [0.5, 0.6) is 0 Å². The summed E-state index contributed by atoms with van der Waals surface area (Å²) in [6.07, 6.45) is 5.56. The molecular formula is C25H38F2N2O. The normalized spacial score (nSPS) is 25.1. The maximum Gasteiger partial charge on any atom is 0.230 e. The molecule has 0 bridgehead atoms. The number of carbonyl (C=O) groups excluding carboxylic acids is 1. The first-order valence-electron chi connectivity index (χ1n) is 11.6. The van der Waals surface area contributed by atoms with Gasteiger partial charge >= 0.3 is 0 Å². The molecular weight excluding hydrogens is 382 g/mol. The zero-order valence-corrected chi connectivity index (χ0v) is 18.9. The van der Waals surface area contributed by atoms with Gasteiger partial charge in [0.05, 0.1) is 5.41 Å². The Morgan fingerprint density at radius 2 is 1.83 bits per heavy atom. The number of nitrogens with zero attached hydrogens (tertiary/aromatic N) is 1. The summed E-state index contributed by atoms with van der Waals surface area (Å²) in [4.78, 5) is 15.5. The number of nitrogens with one attached hydrogen (secondary N) is 1. The molecule has 168 valence electrons. The molecule has 1 N–H and O–H groups in total. The molecule has 1 amide bonds. The van der Waals surface area contributed by atoms with Crippen LogP contribution >= 0.6 is 0 Å². The highest BCUT2D eigenvalue weighted by molar-refractivity contribution is 5.88. The number of benzene rings is 1. The molecule has 0 radical (unpaired) electrons. The van der Waals surface area contributed by atoms with Crippen LogP contribution < -0.4 is 5.32 Å². The molecule has 5 heteroatoms. The molecule has 1 aromatic carbocycles. The van der Waals surface area contributed by atoms with Crippen LogP contribution in [0.2, 0.25) is 0 Å². The van der Waals surface area contributed by atoms with E-state index in [4.69, 9.17) is 0 Å². The fourth-order valence-electron chi connectivity index (χ4n) is 4.91. The number of amides is 1. The van der Waals surface area contributed by atoms with Gasteiger partial charge in [0, 0.05) is 19.0 Å². The molecule has 30 heavy (non-hydrogen) atoms. The van der Waals surface area contributed by atoms with Crippen LogP contribution in [0.4, 0.5) is 8.78 Å². The first-order chi connectivity index (χ1) is 14.2. The summed E-state index contributed by atoms with van der Waals surface area (Å²) in [5, 5.41) is 3.09. The van der Waals surface area contributed by atoms with E-state index in [-0.39, 0.29) is 23.1 Å². The van der Waals surface area contributed by atoms with Gasteiger partial charge in [0.1, 0.15) is 12.0 Å². The Bertz CT molecular complexity index is 692. The van der Waals surface area contributed by atoms with E-state index in [0.717, 1.165) is 63.6 Å². The topological polar surface area (TPSA) is 32.3 Å². The number of rotatable bonds is 6. The van der Waals surface area contributed by atoms with Gasteiger partial charge in [0.2, 0.25) is 5.91 Å². The second-order valence-electron chi connectivity index (χ2n) is 10.5. The summed E-state index contributed by atoms with van der Waals surface area (Å²) in [5.74, 6) is -0.437. The molecule has 1 aliphatic heterocycles. The maximum atomic E-state index is 14.8. The summed E-state index contributed by atoms with van der Waals surface area (Å²) >= 11 is 0. The van der Waals surface area contributed by atoms with Crippen LogP contribution in [0, 0.1) is 17.2 Å². The lowest BCUT2D eigenvalue weighted by Crippen LogP contribution is -2.50. The number of halogens is 2. The highest BCUT2D eigenvalue weighted by Crippen LogP contribution is 2.40. The van der Waals surface area contributed by atoms with Gasteiger partial charge in [-0.15, -0.1) is 0 Å². The van der Waals surface area contributed by atoms with Crippen molar-refractivity contribution < 1.29 is 13.6 Å². The number of piperidine rings is 1. The van der Waals surface area contributed by atoms with Crippen LogP contribution in [0.1, 0.15) is 71.3 Å². The molecule has 1 saturated carbocycles. The van der Waals surface area contributed by atoms with Crippen molar-refractivity contribution in [1.29, 1.82) is 0 Å². The molecule has 1 saturated heterocycles. The average Bonchev–Trinajstić information content (AvgIpc) is 2.72. The monoisotopic (exact) mass is 420 g/mol. The van der Waals surface area contributed by atoms with E-state index in [1.165, 1.54) is 12.1 Å². The Labute approximate surface area is 180 Å². The van der Waals surface area contributed by atoms with Gasteiger partial charge in [0.15, 0.2) is 0 Å².